The molecule has 1 fully saturated rings. The topological polar surface area (TPSA) is 68.0 Å². The Bertz CT molecular complexity index is 820. The Labute approximate surface area is 141 Å². The number of esters is 1. The second-order valence-corrected chi connectivity index (χ2v) is 6.69. The lowest BCUT2D eigenvalue weighted by Gasteiger charge is -2.27. The van der Waals surface area contributed by atoms with Crippen LogP contribution in [0.15, 0.2) is 23.0 Å². The molecule has 1 aromatic heterocycles. The molecule has 0 aliphatic carbocycles. The van der Waals surface area contributed by atoms with Crippen LogP contribution in [0.4, 0.5) is 0 Å². The Balaban J connectivity index is 1.98. The Kier molecular flexibility index (Phi) is 4.69. The van der Waals surface area contributed by atoms with Crippen LogP contribution >= 0.6 is 0 Å². The summed E-state index contributed by atoms with van der Waals surface area (Å²) in [6.07, 6.45) is 0. The average Bonchev–Trinajstić information content (AvgIpc) is 2.59. The summed E-state index contributed by atoms with van der Waals surface area (Å²) in [5.41, 5.74) is 2.91. The highest BCUT2D eigenvalue weighted by atomic mass is 16.5. The number of hydrogen-bond donors (Lipinski definition) is 3. The molecule has 0 saturated carbocycles. The van der Waals surface area contributed by atoms with Crippen molar-refractivity contribution in [3.8, 4) is 0 Å². The first kappa shape index (κ1) is 16.7. The number of quaternary nitrogens is 2. The van der Waals surface area contributed by atoms with Crippen molar-refractivity contribution in [2.75, 3.05) is 40.3 Å². The monoisotopic (exact) mass is 331 g/mol. The van der Waals surface area contributed by atoms with Crippen molar-refractivity contribution < 1.29 is 19.3 Å². The molecule has 6 heteroatoms. The maximum Gasteiger partial charge on any atom is 0.337 e. The lowest BCUT2D eigenvalue weighted by atomic mass is 10.1. The normalized spacial score (nSPS) is 21.0. The maximum absolute atomic E-state index is 13.0. The highest BCUT2D eigenvalue weighted by molar-refractivity contribution is 5.94. The molecule has 0 unspecified atom stereocenters. The zero-order valence-corrected chi connectivity index (χ0v) is 14.5. The van der Waals surface area contributed by atoms with Gasteiger partial charge in [0, 0.05) is 16.6 Å². The van der Waals surface area contributed by atoms with Gasteiger partial charge in [-0.15, -0.1) is 0 Å². The Morgan fingerprint density at radius 2 is 1.96 bits per heavy atom. The van der Waals surface area contributed by atoms with Crippen molar-refractivity contribution in [3.05, 3.63) is 45.2 Å². The van der Waals surface area contributed by atoms with Gasteiger partial charge in [0.1, 0.15) is 32.7 Å². The summed E-state index contributed by atoms with van der Waals surface area (Å²) in [6.45, 7) is 7.09. The van der Waals surface area contributed by atoms with Gasteiger partial charge >= 0.3 is 5.97 Å². The van der Waals surface area contributed by atoms with Gasteiger partial charge in [-0.2, -0.15) is 0 Å². The number of piperazine rings is 1. The van der Waals surface area contributed by atoms with Crippen molar-refractivity contribution in [1.82, 2.24) is 4.98 Å². The molecular formula is C18H25N3O3+2. The minimum Gasteiger partial charge on any atom is -0.465 e. The minimum absolute atomic E-state index is 0.0192. The number of H-pyrrole nitrogens is 1. The van der Waals surface area contributed by atoms with E-state index in [1.165, 1.54) is 12.0 Å². The summed E-state index contributed by atoms with van der Waals surface area (Å²) < 4.78 is 4.75. The number of aromatic nitrogens is 1. The standard InChI is InChI=1S/C18H23N3O3/c1-12-15(11-21-8-6-20(2)7-9-21)17(22)14-10-13(18(23)24-3)4-5-16(14)19-12/h4-5,10H,6-9,11H2,1-3H3,(H,19,22)/p+2. The number of likely N-dealkylation sites (N-methyl/N-ethyl adjacent to an activating group) is 1. The first-order chi connectivity index (χ1) is 11.5. The van der Waals surface area contributed by atoms with Gasteiger partial charge in [0.05, 0.1) is 25.3 Å². The van der Waals surface area contributed by atoms with E-state index in [4.69, 9.17) is 4.74 Å². The molecule has 1 aliphatic heterocycles. The third-order valence-electron chi connectivity index (χ3n) is 4.97. The van der Waals surface area contributed by atoms with Crippen LogP contribution in [0.5, 0.6) is 0 Å². The molecule has 24 heavy (non-hydrogen) atoms. The number of carbonyl (C=O) groups excluding carboxylic acids is 1. The maximum atomic E-state index is 13.0. The van der Waals surface area contributed by atoms with Crippen LogP contribution in [-0.4, -0.2) is 51.3 Å². The minimum atomic E-state index is -0.425. The Hall–Kier alpha value is -2.18. The van der Waals surface area contributed by atoms with Gasteiger partial charge in [-0.05, 0) is 25.1 Å². The number of methoxy groups -OCH3 is 1. The molecule has 0 spiro atoms. The first-order valence-corrected chi connectivity index (χ1v) is 8.38. The number of carbonyl (C=O) groups is 1. The summed E-state index contributed by atoms with van der Waals surface area (Å²) in [6, 6.07) is 5.08. The van der Waals surface area contributed by atoms with Gasteiger partial charge in [-0.1, -0.05) is 0 Å². The molecule has 0 radical (unpaired) electrons. The van der Waals surface area contributed by atoms with Crippen LogP contribution in [-0.2, 0) is 11.3 Å². The molecule has 3 N–H and O–H groups in total. The molecule has 1 aromatic carbocycles. The van der Waals surface area contributed by atoms with E-state index in [1.807, 2.05) is 6.92 Å². The molecule has 1 aliphatic rings. The van der Waals surface area contributed by atoms with Crippen LogP contribution in [0.3, 0.4) is 0 Å². The Morgan fingerprint density at radius 1 is 1.25 bits per heavy atom. The number of pyridine rings is 1. The van der Waals surface area contributed by atoms with Gasteiger partial charge in [-0.25, -0.2) is 4.79 Å². The number of hydrogen-bond acceptors (Lipinski definition) is 3. The number of fused-ring (bicyclic) bond motifs is 1. The molecule has 3 rings (SSSR count). The van der Waals surface area contributed by atoms with E-state index < -0.39 is 5.97 Å². The zero-order chi connectivity index (χ0) is 17.3. The number of aryl methyl sites for hydroxylation is 1. The van der Waals surface area contributed by atoms with Gasteiger partial charge in [0.2, 0.25) is 0 Å². The lowest BCUT2D eigenvalue weighted by Crippen LogP contribution is -3.26. The molecule has 2 aromatic rings. The van der Waals surface area contributed by atoms with E-state index in [1.54, 1.807) is 23.1 Å². The predicted molar refractivity (Wildman–Crippen MR) is 91.7 cm³/mol. The SMILES string of the molecule is COC(=O)c1ccc2[nH]c(C)c(C[NH+]3CC[NH+](C)CC3)c(=O)c2c1. The molecular weight excluding hydrogens is 306 g/mol. The van der Waals surface area contributed by atoms with Crippen LogP contribution < -0.4 is 15.2 Å². The summed E-state index contributed by atoms with van der Waals surface area (Å²) >= 11 is 0. The summed E-state index contributed by atoms with van der Waals surface area (Å²) in [5.74, 6) is -0.425. The van der Waals surface area contributed by atoms with Crippen molar-refractivity contribution >= 4 is 16.9 Å². The molecule has 0 amide bonds. The van der Waals surface area contributed by atoms with Crippen molar-refractivity contribution in [2.45, 2.75) is 13.5 Å². The molecule has 1 saturated heterocycles. The molecule has 6 nitrogen and oxygen atoms in total. The number of benzene rings is 1. The van der Waals surface area contributed by atoms with Crippen molar-refractivity contribution in [1.29, 1.82) is 0 Å². The second-order valence-electron chi connectivity index (χ2n) is 6.69. The fourth-order valence-corrected chi connectivity index (χ4v) is 3.37. The third kappa shape index (κ3) is 3.20. The fourth-order valence-electron chi connectivity index (χ4n) is 3.37. The molecule has 128 valence electrons. The van der Waals surface area contributed by atoms with E-state index in [-0.39, 0.29) is 5.43 Å². The van der Waals surface area contributed by atoms with E-state index in [2.05, 4.69) is 12.0 Å². The molecule has 0 bridgehead atoms. The number of rotatable bonds is 3. The van der Waals surface area contributed by atoms with E-state index >= 15 is 0 Å². The second kappa shape index (κ2) is 6.75. The lowest BCUT2D eigenvalue weighted by molar-refractivity contribution is -1.01. The number of aromatic amines is 1. The van der Waals surface area contributed by atoms with E-state index in [0.717, 1.165) is 49.5 Å². The van der Waals surface area contributed by atoms with E-state index in [9.17, 15) is 9.59 Å². The average molecular weight is 331 g/mol. The number of ether oxygens (including phenoxy) is 1. The van der Waals surface area contributed by atoms with Gasteiger partial charge in [0.25, 0.3) is 0 Å². The first-order valence-electron chi connectivity index (χ1n) is 8.38. The van der Waals surface area contributed by atoms with Crippen molar-refractivity contribution in [3.63, 3.8) is 0 Å². The largest absolute Gasteiger partial charge is 0.465 e. The highest BCUT2D eigenvalue weighted by Gasteiger charge is 2.23. The summed E-state index contributed by atoms with van der Waals surface area (Å²) in [4.78, 5) is 31.0. The highest BCUT2D eigenvalue weighted by Crippen LogP contribution is 2.14. The van der Waals surface area contributed by atoms with Crippen LogP contribution in [0.1, 0.15) is 21.6 Å². The Morgan fingerprint density at radius 3 is 2.62 bits per heavy atom. The van der Waals surface area contributed by atoms with Crippen LogP contribution in [0.2, 0.25) is 0 Å². The zero-order valence-electron chi connectivity index (χ0n) is 14.5. The van der Waals surface area contributed by atoms with Gasteiger partial charge < -0.3 is 19.5 Å². The predicted octanol–water partition coefficient (Wildman–Crippen LogP) is -1.46. The van der Waals surface area contributed by atoms with E-state index in [0.29, 0.717) is 10.9 Å². The van der Waals surface area contributed by atoms with Crippen LogP contribution in [0.25, 0.3) is 10.9 Å². The molecule has 2 heterocycles. The quantitative estimate of drug-likeness (QED) is 0.602. The smallest absolute Gasteiger partial charge is 0.337 e. The van der Waals surface area contributed by atoms with Crippen molar-refractivity contribution in [2.24, 2.45) is 0 Å². The number of nitrogens with one attached hydrogen (secondary N) is 3. The van der Waals surface area contributed by atoms with Gasteiger partial charge in [-0.3, -0.25) is 4.79 Å². The third-order valence-corrected chi connectivity index (χ3v) is 4.97. The molecule has 0 atom stereocenters. The van der Waals surface area contributed by atoms with Gasteiger partial charge in [0.15, 0.2) is 5.43 Å². The summed E-state index contributed by atoms with van der Waals surface area (Å²) in [5, 5.41) is 0.553. The van der Waals surface area contributed by atoms with Crippen LogP contribution in [0, 0.1) is 6.92 Å². The fraction of sp³-hybridized carbons (Fsp3) is 0.444. The summed E-state index contributed by atoms with van der Waals surface area (Å²) in [7, 11) is 3.55.